The first-order valence-electron chi connectivity index (χ1n) is 9.43. The zero-order valence-electron chi connectivity index (χ0n) is 17.6. The van der Waals surface area contributed by atoms with Gasteiger partial charge in [0.05, 0.1) is 23.1 Å². The third-order valence-electron chi connectivity index (χ3n) is 4.69. The maximum atomic E-state index is 13.4. The van der Waals surface area contributed by atoms with Gasteiger partial charge in [-0.25, -0.2) is 22.2 Å². The van der Waals surface area contributed by atoms with Crippen LogP contribution in [0.3, 0.4) is 0 Å². The van der Waals surface area contributed by atoms with E-state index in [-0.39, 0.29) is 17.9 Å². The molecule has 3 aromatic rings. The van der Waals surface area contributed by atoms with Crippen LogP contribution in [0.15, 0.2) is 18.6 Å². The minimum atomic E-state index is -3.25. The van der Waals surface area contributed by atoms with E-state index in [0.29, 0.717) is 4.68 Å². The summed E-state index contributed by atoms with van der Waals surface area (Å²) < 4.78 is 56.2. The highest BCUT2D eigenvalue weighted by Gasteiger charge is 2.32. The van der Waals surface area contributed by atoms with Gasteiger partial charge in [0.25, 0.3) is 18.8 Å². The number of nitrogens with zero attached hydrogens (tertiary/aromatic N) is 6. The van der Waals surface area contributed by atoms with E-state index in [4.69, 9.17) is 11.6 Å². The molecular formula is C18H19ClF4N8O2. The molecule has 1 unspecified atom stereocenters. The van der Waals surface area contributed by atoms with Crippen molar-refractivity contribution in [3.05, 3.63) is 46.3 Å². The number of rotatable bonds is 8. The first kappa shape index (κ1) is 24.2. The summed E-state index contributed by atoms with van der Waals surface area (Å²) in [5.41, 5.74) is -1.35. The quantitative estimate of drug-likeness (QED) is 0.471. The minimum absolute atomic E-state index is 0.0102. The Kier molecular flexibility index (Phi) is 7.05. The zero-order valence-corrected chi connectivity index (χ0v) is 18.3. The highest BCUT2D eigenvalue weighted by Crippen LogP contribution is 2.36. The Morgan fingerprint density at radius 1 is 1.12 bits per heavy atom. The molecular weight excluding hydrogens is 472 g/mol. The van der Waals surface area contributed by atoms with Crippen molar-refractivity contribution in [1.82, 2.24) is 34.7 Å². The first-order valence-corrected chi connectivity index (χ1v) is 9.81. The SMILES string of the molecule is CC(C(=O)Nc1cnn(C)c1C(=O)NCc1cnn(C)c1)n1nc(C(F)F)c(Cl)c1C(F)F. The molecule has 2 N–H and O–H groups in total. The lowest BCUT2D eigenvalue weighted by atomic mass is 10.2. The van der Waals surface area contributed by atoms with Gasteiger partial charge in [-0.2, -0.15) is 15.3 Å². The molecule has 33 heavy (non-hydrogen) atoms. The molecule has 0 bridgehead atoms. The van der Waals surface area contributed by atoms with Gasteiger partial charge in [0.15, 0.2) is 0 Å². The summed E-state index contributed by atoms with van der Waals surface area (Å²) in [6.45, 7) is 1.33. The van der Waals surface area contributed by atoms with Crippen molar-refractivity contribution < 1.29 is 27.2 Å². The van der Waals surface area contributed by atoms with E-state index in [1.54, 1.807) is 24.1 Å². The molecule has 10 nitrogen and oxygen atoms in total. The fourth-order valence-electron chi connectivity index (χ4n) is 3.05. The Bertz CT molecular complexity index is 1170. The average Bonchev–Trinajstić information content (AvgIpc) is 3.42. The van der Waals surface area contributed by atoms with Crippen LogP contribution in [0.25, 0.3) is 0 Å². The van der Waals surface area contributed by atoms with Crippen molar-refractivity contribution in [1.29, 1.82) is 0 Å². The Hall–Kier alpha value is -3.42. The van der Waals surface area contributed by atoms with E-state index in [1.165, 1.54) is 24.9 Å². The van der Waals surface area contributed by atoms with Crippen molar-refractivity contribution in [3.8, 4) is 0 Å². The smallest absolute Gasteiger partial charge is 0.283 e. The van der Waals surface area contributed by atoms with Crippen LogP contribution in [0, 0.1) is 0 Å². The van der Waals surface area contributed by atoms with Gasteiger partial charge in [0.1, 0.15) is 23.1 Å². The van der Waals surface area contributed by atoms with Crippen LogP contribution >= 0.6 is 11.6 Å². The molecule has 0 radical (unpaired) electrons. The summed E-state index contributed by atoms with van der Waals surface area (Å²) in [5, 5.41) is 15.5. The zero-order chi connectivity index (χ0) is 24.4. The van der Waals surface area contributed by atoms with E-state index in [9.17, 15) is 27.2 Å². The van der Waals surface area contributed by atoms with Gasteiger partial charge in [0, 0.05) is 32.4 Å². The Morgan fingerprint density at radius 3 is 2.39 bits per heavy atom. The van der Waals surface area contributed by atoms with E-state index < -0.39 is 47.1 Å². The second-order valence-electron chi connectivity index (χ2n) is 7.03. The molecule has 3 rings (SSSR count). The standard InChI is InChI=1S/C18H19ClF4N8O2/c1-8(31-14(16(22)23)11(19)12(28-31)15(20)21)17(32)27-10-6-26-30(3)13(10)18(33)24-4-9-5-25-29(2)7-9/h5-8,15-16H,4H2,1-3H3,(H,24,33)(H,27,32). The molecule has 1 atom stereocenters. The maximum absolute atomic E-state index is 13.4. The van der Waals surface area contributed by atoms with Gasteiger partial charge >= 0.3 is 0 Å². The number of halogens is 5. The van der Waals surface area contributed by atoms with Gasteiger partial charge in [-0.05, 0) is 6.92 Å². The highest BCUT2D eigenvalue weighted by molar-refractivity contribution is 6.32. The topological polar surface area (TPSA) is 112 Å². The molecule has 0 aromatic carbocycles. The predicted molar refractivity (Wildman–Crippen MR) is 108 cm³/mol. The molecule has 15 heteroatoms. The molecule has 3 heterocycles. The Labute approximate surface area is 189 Å². The second-order valence-corrected chi connectivity index (χ2v) is 7.41. The molecule has 0 aliphatic rings. The third kappa shape index (κ3) is 4.99. The number of carbonyl (C=O) groups excluding carboxylic acids is 2. The van der Waals surface area contributed by atoms with Crippen molar-refractivity contribution in [3.63, 3.8) is 0 Å². The van der Waals surface area contributed by atoms with Crippen LogP contribution in [0.5, 0.6) is 0 Å². The van der Waals surface area contributed by atoms with Crippen LogP contribution in [0.2, 0.25) is 5.02 Å². The molecule has 3 aromatic heterocycles. The fraction of sp³-hybridized carbons (Fsp3) is 0.389. The van der Waals surface area contributed by atoms with Crippen LogP contribution in [-0.4, -0.2) is 41.2 Å². The molecule has 0 saturated carbocycles. The Morgan fingerprint density at radius 2 is 1.82 bits per heavy atom. The summed E-state index contributed by atoms with van der Waals surface area (Å²) in [6.07, 6.45) is -1.99. The largest absolute Gasteiger partial charge is 0.346 e. The van der Waals surface area contributed by atoms with Gasteiger partial charge < -0.3 is 10.6 Å². The van der Waals surface area contributed by atoms with E-state index >= 15 is 0 Å². The second kappa shape index (κ2) is 9.60. The first-order chi connectivity index (χ1) is 15.5. The summed E-state index contributed by atoms with van der Waals surface area (Å²) in [5.74, 6) is -1.47. The van der Waals surface area contributed by atoms with Crippen molar-refractivity contribution >= 4 is 29.1 Å². The van der Waals surface area contributed by atoms with Gasteiger partial charge in [-0.1, -0.05) is 11.6 Å². The van der Waals surface area contributed by atoms with Gasteiger partial charge in [0.2, 0.25) is 5.91 Å². The summed E-state index contributed by atoms with van der Waals surface area (Å²) in [6, 6.07) is -1.45. The lowest BCUT2D eigenvalue weighted by Gasteiger charge is -2.16. The molecule has 0 saturated heterocycles. The van der Waals surface area contributed by atoms with E-state index in [2.05, 4.69) is 25.9 Å². The number of hydrogen-bond acceptors (Lipinski definition) is 5. The number of anilines is 1. The molecule has 0 aliphatic carbocycles. The number of alkyl halides is 4. The lowest BCUT2D eigenvalue weighted by molar-refractivity contribution is -0.119. The van der Waals surface area contributed by atoms with Gasteiger partial charge in [-0.15, -0.1) is 0 Å². The average molecular weight is 491 g/mol. The van der Waals surface area contributed by atoms with Crippen molar-refractivity contribution in [2.45, 2.75) is 32.4 Å². The number of aromatic nitrogens is 6. The van der Waals surface area contributed by atoms with E-state index in [1.807, 2.05) is 0 Å². The van der Waals surface area contributed by atoms with Crippen LogP contribution in [-0.2, 0) is 25.4 Å². The molecule has 178 valence electrons. The number of hydrogen-bond donors (Lipinski definition) is 2. The van der Waals surface area contributed by atoms with Crippen LogP contribution in [0.4, 0.5) is 23.2 Å². The highest BCUT2D eigenvalue weighted by atomic mass is 35.5. The molecule has 2 amide bonds. The molecule has 0 aliphatic heterocycles. The van der Waals surface area contributed by atoms with Crippen molar-refractivity contribution in [2.24, 2.45) is 14.1 Å². The van der Waals surface area contributed by atoms with Crippen LogP contribution in [0.1, 0.15) is 53.3 Å². The number of amides is 2. The summed E-state index contributed by atoms with van der Waals surface area (Å²) in [4.78, 5) is 25.4. The molecule has 0 spiro atoms. The van der Waals surface area contributed by atoms with Crippen molar-refractivity contribution in [2.75, 3.05) is 5.32 Å². The number of carbonyl (C=O) groups is 2. The monoisotopic (exact) mass is 490 g/mol. The lowest BCUT2D eigenvalue weighted by Crippen LogP contribution is -2.29. The number of nitrogens with one attached hydrogen (secondary N) is 2. The minimum Gasteiger partial charge on any atom is -0.346 e. The predicted octanol–water partition coefficient (Wildman–Crippen LogP) is 3.01. The normalized spacial score (nSPS) is 12.4. The van der Waals surface area contributed by atoms with E-state index in [0.717, 1.165) is 5.56 Å². The summed E-state index contributed by atoms with van der Waals surface area (Å²) in [7, 11) is 3.19. The Balaban J connectivity index is 1.80. The number of aryl methyl sites for hydroxylation is 2. The summed E-state index contributed by atoms with van der Waals surface area (Å²) >= 11 is 5.64. The van der Waals surface area contributed by atoms with Gasteiger partial charge in [-0.3, -0.25) is 19.0 Å². The fourth-order valence-corrected chi connectivity index (χ4v) is 3.34. The molecule has 0 fully saturated rings. The van der Waals surface area contributed by atoms with Crippen LogP contribution < -0.4 is 10.6 Å². The third-order valence-corrected chi connectivity index (χ3v) is 5.08. The maximum Gasteiger partial charge on any atom is 0.283 e.